The molecule has 9 nitrogen and oxygen atoms in total. The third-order valence-corrected chi connectivity index (χ3v) is 10.2. The van der Waals surface area contributed by atoms with E-state index in [0.29, 0.717) is 23.9 Å². The van der Waals surface area contributed by atoms with Gasteiger partial charge in [0.05, 0.1) is 27.7 Å². The predicted molar refractivity (Wildman–Crippen MR) is 224 cm³/mol. The molecule has 0 heterocycles. The van der Waals surface area contributed by atoms with E-state index in [9.17, 15) is 19.0 Å². The molecule has 1 unspecified atom stereocenters. The van der Waals surface area contributed by atoms with Crippen molar-refractivity contribution in [2.24, 2.45) is 0 Å². The molecular weight excluding hydrogens is 701 g/mol. The second-order valence-corrected chi connectivity index (χ2v) is 17.2. The largest absolute Gasteiger partial charge is 0.472 e. The van der Waals surface area contributed by atoms with Gasteiger partial charge < -0.3 is 18.9 Å². The van der Waals surface area contributed by atoms with Crippen LogP contribution in [0.15, 0.2) is 36.5 Å². The highest BCUT2D eigenvalue weighted by Gasteiger charge is 2.27. The summed E-state index contributed by atoms with van der Waals surface area (Å²) in [6.07, 6.45) is 40.5. The van der Waals surface area contributed by atoms with Crippen molar-refractivity contribution in [3.05, 3.63) is 36.5 Å². The van der Waals surface area contributed by atoms with Crippen molar-refractivity contribution in [3.63, 3.8) is 0 Å². The van der Waals surface area contributed by atoms with Crippen LogP contribution >= 0.6 is 7.82 Å². The van der Waals surface area contributed by atoms with Gasteiger partial charge in [-0.25, -0.2) is 4.57 Å². The maximum absolute atomic E-state index is 12.7. The second kappa shape index (κ2) is 36.8. The third kappa shape index (κ3) is 39.9. The molecule has 0 aliphatic heterocycles. The summed E-state index contributed by atoms with van der Waals surface area (Å²) in [6.45, 7) is 4.36. The number of nitrogens with zero attached hydrogens (tertiary/aromatic N) is 1. The number of rotatable bonds is 39. The minimum atomic E-state index is -4.38. The Morgan fingerprint density at radius 3 is 1.54 bits per heavy atom. The van der Waals surface area contributed by atoms with Crippen LogP contribution in [-0.2, 0) is 32.7 Å². The van der Waals surface area contributed by atoms with E-state index >= 15 is 0 Å². The molecule has 2 atom stereocenters. The van der Waals surface area contributed by atoms with Crippen LogP contribution in [0.2, 0.25) is 0 Å². The molecule has 0 radical (unpaired) electrons. The average molecular weight is 785 g/mol. The van der Waals surface area contributed by atoms with Crippen molar-refractivity contribution in [3.8, 4) is 0 Å². The van der Waals surface area contributed by atoms with Crippen LogP contribution in [0.25, 0.3) is 0 Å². The van der Waals surface area contributed by atoms with Crippen molar-refractivity contribution in [2.75, 3.05) is 47.5 Å². The summed E-state index contributed by atoms with van der Waals surface area (Å²) in [5.41, 5.74) is 0. The van der Waals surface area contributed by atoms with Crippen LogP contribution in [0.4, 0.5) is 0 Å². The van der Waals surface area contributed by atoms with Gasteiger partial charge >= 0.3 is 19.8 Å². The predicted octanol–water partition coefficient (Wildman–Crippen LogP) is 12.1. The van der Waals surface area contributed by atoms with Gasteiger partial charge in [-0.2, -0.15) is 0 Å². The Hall–Kier alpha value is -1.77. The molecule has 0 aromatic carbocycles. The molecule has 0 amide bonds. The third-order valence-electron chi connectivity index (χ3n) is 9.17. The van der Waals surface area contributed by atoms with Crippen molar-refractivity contribution in [2.45, 2.75) is 187 Å². The van der Waals surface area contributed by atoms with Gasteiger partial charge in [-0.05, 0) is 44.9 Å². The molecule has 0 aliphatic carbocycles. The highest BCUT2D eigenvalue weighted by Crippen LogP contribution is 2.43. The van der Waals surface area contributed by atoms with Crippen LogP contribution in [0.1, 0.15) is 181 Å². The van der Waals surface area contributed by atoms with Gasteiger partial charge in [0.25, 0.3) is 0 Å². The summed E-state index contributed by atoms with van der Waals surface area (Å²) in [6, 6.07) is 0. The number of carbonyl (C=O) groups excluding carboxylic acids is 2. The number of quaternary nitrogens is 1. The monoisotopic (exact) mass is 785 g/mol. The first-order chi connectivity index (χ1) is 26.0. The maximum Gasteiger partial charge on any atom is 0.472 e. The van der Waals surface area contributed by atoms with Crippen LogP contribution < -0.4 is 0 Å². The zero-order chi connectivity index (χ0) is 40.0. The fraction of sp³-hybridized carbons (Fsp3) is 0.818. The van der Waals surface area contributed by atoms with Gasteiger partial charge in [0, 0.05) is 12.8 Å². The Labute approximate surface area is 331 Å². The summed E-state index contributed by atoms with van der Waals surface area (Å²) in [4.78, 5) is 35.3. The van der Waals surface area contributed by atoms with Crippen molar-refractivity contribution in [1.82, 2.24) is 0 Å². The smallest absolute Gasteiger partial charge is 0.462 e. The zero-order valence-electron chi connectivity index (χ0n) is 35.5. The number of likely N-dealkylation sites (N-methyl/N-ethyl adjacent to an activating group) is 1. The lowest BCUT2D eigenvalue weighted by Crippen LogP contribution is -2.37. The summed E-state index contributed by atoms with van der Waals surface area (Å²) in [5, 5.41) is 0. The van der Waals surface area contributed by atoms with E-state index in [1.165, 1.54) is 109 Å². The topological polar surface area (TPSA) is 108 Å². The molecule has 0 spiro atoms. The molecule has 0 rings (SSSR count). The van der Waals surface area contributed by atoms with Gasteiger partial charge in [0.2, 0.25) is 0 Å². The normalized spacial score (nSPS) is 14.0. The second-order valence-electron chi connectivity index (χ2n) is 15.7. The zero-order valence-corrected chi connectivity index (χ0v) is 36.3. The van der Waals surface area contributed by atoms with E-state index in [2.05, 4.69) is 50.3 Å². The molecular formula is C44H83NO8P+. The van der Waals surface area contributed by atoms with E-state index < -0.39 is 32.5 Å². The molecule has 10 heteroatoms. The van der Waals surface area contributed by atoms with Crippen LogP contribution in [0, 0.1) is 0 Å². The Morgan fingerprint density at radius 2 is 1.02 bits per heavy atom. The fourth-order valence-electron chi connectivity index (χ4n) is 5.74. The summed E-state index contributed by atoms with van der Waals surface area (Å²) in [5.74, 6) is -0.857. The van der Waals surface area contributed by atoms with E-state index in [0.717, 1.165) is 32.1 Å². The number of allylic oxidation sites excluding steroid dienone is 6. The molecule has 0 saturated heterocycles. The molecule has 0 aromatic heterocycles. The minimum absolute atomic E-state index is 0.0250. The molecule has 0 aromatic rings. The highest BCUT2D eigenvalue weighted by molar-refractivity contribution is 7.47. The molecule has 54 heavy (non-hydrogen) atoms. The molecule has 316 valence electrons. The van der Waals surface area contributed by atoms with Crippen LogP contribution in [0.3, 0.4) is 0 Å². The van der Waals surface area contributed by atoms with Crippen LogP contribution in [0.5, 0.6) is 0 Å². The van der Waals surface area contributed by atoms with Crippen LogP contribution in [-0.4, -0.2) is 74.9 Å². The maximum atomic E-state index is 12.7. The Morgan fingerprint density at radius 1 is 0.574 bits per heavy atom. The van der Waals surface area contributed by atoms with Gasteiger partial charge in [0.1, 0.15) is 19.8 Å². The van der Waals surface area contributed by atoms with Gasteiger partial charge in [-0.3, -0.25) is 18.6 Å². The molecule has 0 saturated carbocycles. The number of esters is 2. The van der Waals surface area contributed by atoms with Crippen molar-refractivity contribution in [1.29, 1.82) is 0 Å². The van der Waals surface area contributed by atoms with E-state index in [-0.39, 0.29) is 26.1 Å². The SMILES string of the molecule is CCCCCCCC/C=C\C/C=C\C/C=C\CCCC(=O)OC[C@H](COP(=O)(O)OCC[N+](C)(C)C)OC(=O)CCCCCCCCCCCCCCC. The minimum Gasteiger partial charge on any atom is -0.462 e. The lowest BCUT2D eigenvalue weighted by Gasteiger charge is -2.24. The van der Waals surface area contributed by atoms with Crippen molar-refractivity contribution < 1.29 is 42.1 Å². The number of unbranched alkanes of at least 4 members (excludes halogenated alkanes) is 19. The summed E-state index contributed by atoms with van der Waals surface area (Å²) < 4.78 is 34.2. The number of hydrogen-bond donors (Lipinski definition) is 1. The highest BCUT2D eigenvalue weighted by atomic mass is 31.2. The lowest BCUT2D eigenvalue weighted by atomic mass is 10.0. The Kier molecular flexibility index (Phi) is 35.6. The van der Waals surface area contributed by atoms with E-state index in [1.807, 2.05) is 21.1 Å². The average Bonchev–Trinajstić information content (AvgIpc) is 3.12. The number of ether oxygens (including phenoxy) is 2. The Balaban J connectivity index is 4.44. The number of phosphoric ester groups is 1. The van der Waals surface area contributed by atoms with Gasteiger partial charge in [-0.1, -0.05) is 159 Å². The summed E-state index contributed by atoms with van der Waals surface area (Å²) in [7, 11) is 1.45. The molecule has 0 aliphatic rings. The molecule has 1 N–H and O–H groups in total. The summed E-state index contributed by atoms with van der Waals surface area (Å²) >= 11 is 0. The first-order valence-corrected chi connectivity index (χ1v) is 23.2. The van der Waals surface area contributed by atoms with Crippen molar-refractivity contribution >= 4 is 19.8 Å². The number of phosphoric acid groups is 1. The fourth-order valence-corrected chi connectivity index (χ4v) is 6.48. The molecule has 0 bridgehead atoms. The standard InChI is InChI=1S/C44H82NO8P/c1-6-8-10-12-14-16-18-20-21-22-23-25-26-28-30-32-34-36-43(46)50-40-42(41-52-54(48,49)51-39-38-45(3,4)5)53-44(47)37-35-33-31-29-27-24-19-17-15-13-11-9-7-2/h20-21,23,25,28,30,42H,6-19,22,24,26-27,29,31-41H2,1-5H3/p+1/b21-20-,25-23-,30-28-/t42-/m1/s1. The van der Waals surface area contributed by atoms with Gasteiger partial charge in [-0.15, -0.1) is 0 Å². The molecule has 0 fully saturated rings. The van der Waals surface area contributed by atoms with E-state index in [1.54, 1.807) is 0 Å². The number of carbonyl (C=O) groups is 2. The number of hydrogen-bond acceptors (Lipinski definition) is 7. The van der Waals surface area contributed by atoms with Gasteiger partial charge in [0.15, 0.2) is 6.10 Å². The lowest BCUT2D eigenvalue weighted by molar-refractivity contribution is -0.870. The van der Waals surface area contributed by atoms with E-state index in [4.69, 9.17) is 18.5 Å². The Bertz CT molecular complexity index is 1020. The first-order valence-electron chi connectivity index (χ1n) is 21.7. The quantitative estimate of drug-likeness (QED) is 0.0216. The first kappa shape index (κ1) is 52.2.